The van der Waals surface area contributed by atoms with E-state index in [-0.39, 0.29) is 17.6 Å². The van der Waals surface area contributed by atoms with Crippen molar-refractivity contribution in [2.75, 3.05) is 6.61 Å². The van der Waals surface area contributed by atoms with Crippen LogP contribution in [0, 0.1) is 17.3 Å². The van der Waals surface area contributed by atoms with Crippen molar-refractivity contribution in [1.82, 2.24) is 0 Å². The number of hydrogen-bond donors (Lipinski definition) is 1. The van der Waals surface area contributed by atoms with E-state index in [1.54, 1.807) is 0 Å². The second-order valence-electron chi connectivity index (χ2n) is 6.47. The van der Waals surface area contributed by atoms with Gasteiger partial charge in [0.05, 0.1) is 18.8 Å². The van der Waals surface area contributed by atoms with Gasteiger partial charge in [0.15, 0.2) is 0 Å². The summed E-state index contributed by atoms with van der Waals surface area (Å²) in [5.41, 5.74) is 0.226. The minimum Gasteiger partial charge on any atom is -0.391 e. The molecule has 0 aromatic rings. The van der Waals surface area contributed by atoms with Gasteiger partial charge in [-0.1, -0.05) is 41.0 Å². The summed E-state index contributed by atoms with van der Waals surface area (Å²) < 4.78 is 6.05. The van der Waals surface area contributed by atoms with Gasteiger partial charge in [0.1, 0.15) is 0 Å². The number of ether oxygens (including phenoxy) is 1. The Morgan fingerprint density at radius 1 is 1.29 bits per heavy atom. The van der Waals surface area contributed by atoms with Gasteiger partial charge in [0.2, 0.25) is 0 Å². The zero-order chi connectivity index (χ0) is 13.1. The monoisotopic (exact) mass is 242 g/mol. The van der Waals surface area contributed by atoms with E-state index in [1.165, 1.54) is 12.8 Å². The molecular weight excluding hydrogens is 212 g/mol. The minimum atomic E-state index is -0.291. The third-order valence-corrected chi connectivity index (χ3v) is 4.67. The van der Waals surface area contributed by atoms with Crippen LogP contribution >= 0.6 is 0 Å². The summed E-state index contributed by atoms with van der Waals surface area (Å²) in [5, 5.41) is 9.78. The Balaban J connectivity index is 2.53. The smallest absolute Gasteiger partial charge is 0.0773 e. The Morgan fingerprint density at radius 3 is 2.53 bits per heavy atom. The number of rotatable bonds is 5. The molecule has 1 fully saturated rings. The average molecular weight is 242 g/mol. The molecule has 1 aliphatic carbocycles. The molecule has 0 aromatic heterocycles. The van der Waals surface area contributed by atoms with Gasteiger partial charge >= 0.3 is 0 Å². The van der Waals surface area contributed by atoms with Gasteiger partial charge in [-0.15, -0.1) is 0 Å². The van der Waals surface area contributed by atoms with E-state index in [1.807, 2.05) is 0 Å². The molecule has 17 heavy (non-hydrogen) atoms. The van der Waals surface area contributed by atoms with Crippen LogP contribution in [-0.2, 0) is 4.74 Å². The van der Waals surface area contributed by atoms with Crippen molar-refractivity contribution in [2.45, 2.75) is 72.5 Å². The molecular formula is C15H30O2. The minimum absolute atomic E-state index is 0.226. The quantitative estimate of drug-likeness (QED) is 0.798. The van der Waals surface area contributed by atoms with Crippen molar-refractivity contribution in [2.24, 2.45) is 17.3 Å². The molecule has 0 spiro atoms. The maximum Gasteiger partial charge on any atom is 0.0773 e. The van der Waals surface area contributed by atoms with E-state index in [9.17, 15) is 5.11 Å². The van der Waals surface area contributed by atoms with Crippen molar-refractivity contribution in [3.05, 3.63) is 0 Å². The summed E-state index contributed by atoms with van der Waals surface area (Å²) in [6.45, 7) is 11.8. The lowest BCUT2D eigenvalue weighted by molar-refractivity contribution is -0.123. The first-order chi connectivity index (χ1) is 7.89. The van der Waals surface area contributed by atoms with Crippen molar-refractivity contribution < 1.29 is 9.84 Å². The lowest BCUT2D eigenvalue weighted by atomic mass is 9.64. The van der Waals surface area contributed by atoms with Crippen LogP contribution in [0.4, 0.5) is 0 Å². The van der Waals surface area contributed by atoms with Crippen molar-refractivity contribution >= 4 is 0 Å². The third-order valence-electron chi connectivity index (χ3n) is 4.67. The fourth-order valence-corrected chi connectivity index (χ4v) is 3.06. The molecule has 0 radical (unpaired) electrons. The molecule has 0 amide bonds. The molecule has 0 aromatic carbocycles. The molecule has 4 atom stereocenters. The Labute approximate surface area is 107 Å². The lowest BCUT2D eigenvalue weighted by Gasteiger charge is -2.47. The fraction of sp³-hybridized carbons (Fsp3) is 1.00. The van der Waals surface area contributed by atoms with E-state index in [2.05, 4.69) is 34.6 Å². The molecule has 102 valence electrons. The largest absolute Gasteiger partial charge is 0.391 e. The standard InChI is InChI=1S/C15H30O2/c1-6-7-13(16)10-17-14-11(2)8-9-12(3)15(14,4)5/h11-14,16H,6-10H2,1-5H3/t11-,12-,13-,14+/m0/s1. The normalized spacial score (nSPS) is 34.6. The Kier molecular flexibility index (Phi) is 5.46. The Morgan fingerprint density at radius 2 is 1.94 bits per heavy atom. The van der Waals surface area contributed by atoms with Crippen LogP contribution in [0.2, 0.25) is 0 Å². The van der Waals surface area contributed by atoms with Gasteiger partial charge in [-0.05, 0) is 36.5 Å². The summed E-state index contributed by atoms with van der Waals surface area (Å²) >= 11 is 0. The lowest BCUT2D eigenvalue weighted by Crippen LogP contribution is -2.46. The zero-order valence-corrected chi connectivity index (χ0v) is 12.2. The van der Waals surface area contributed by atoms with Crippen LogP contribution in [0.5, 0.6) is 0 Å². The van der Waals surface area contributed by atoms with E-state index in [4.69, 9.17) is 4.74 Å². The topological polar surface area (TPSA) is 29.5 Å². The van der Waals surface area contributed by atoms with Gasteiger partial charge < -0.3 is 9.84 Å². The second kappa shape index (κ2) is 6.19. The highest BCUT2D eigenvalue weighted by Crippen LogP contribution is 2.44. The van der Waals surface area contributed by atoms with Crippen LogP contribution in [-0.4, -0.2) is 23.9 Å². The first-order valence-electron chi connectivity index (χ1n) is 7.19. The molecule has 1 saturated carbocycles. The van der Waals surface area contributed by atoms with Gasteiger partial charge in [-0.2, -0.15) is 0 Å². The third kappa shape index (κ3) is 3.69. The molecule has 1 rings (SSSR count). The summed E-state index contributed by atoms with van der Waals surface area (Å²) in [6, 6.07) is 0. The Hall–Kier alpha value is -0.0800. The SMILES string of the molecule is CCC[C@H](O)CO[C@@H]1[C@@H](C)CC[C@H](C)C1(C)C. The highest BCUT2D eigenvalue weighted by atomic mass is 16.5. The summed E-state index contributed by atoms with van der Waals surface area (Å²) in [7, 11) is 0. The maximum absolute atomic E-state index is 9.78. The van der Waals surface area contributed by atoms with Gasteiger partial charge in [-0.3, -0.25) is 0 Å². The molecule has 0 unspecified atom stereocenters. The molecule has 0 saturated heterocycles. The average Bonchev–Trinajstić information content (AvgIpc) is 2.24. The molecule has 2 heteroatoms. The van der Waals surface area contributed by atoms with Gasteiger partial charge in [0, 0.05) is 0 Å². The van der Waals surface area contributed by atoms with Crippen LogP contribution in [0.3, 0.4) is 0 Å². The van der Waals surface area contributed by atoms with Crippen molar-refractivity contribution in [3.63, 3.8) is 0 Å². The number of aliphatic hydroxyl groups excluding tert-OH is 1. The second-order valence-corrected chi connectivity index (χ2v) is 6.47. The molecule has 1 N–H and O–H groups in total. The zero-order valence-electron chi connectivity index (χ0n) is 12.2. The Bertz CT molecular complexity index is 225. The van der Waals surface area contributed by atoms with Crippen LogP contribution < -0.4 is 0 Å². The van der Waals surface area contributed by atoms with E-state index in [0.717, 1.165) is 12.8 Å². The number of aliphatic hydroxyl groups is 1. The fourth-order valence-electron chi connectivity index (χ4n) is 3.06. The van der Waals surface area contributed by atoms with Crippen LogP contribution in [0.15, 0.2) is 0 Å². The van der Waals surface area contributed by atoms with Crippen molar-refractivity contribution in [3.8, 4) is 0 Å². The number of hydrogen-bond acceptors (Lipinski definition) is 2. The summed E-state index contributed by atoms with van der Waals surface area (Å²) in [5.74, 6) is 1.31. The predicted molar refractivity (Wildman–Crippen MR) is 72.0 cm³/mol. The molecule has 0 bridgehead atoms. The van der Waals surface area contributed by atoms with Gasteiger partial charge in [0.25, 0.3) is 0 Å². The molecule has 0 aliphatic heterocycles. The van der Waals surface area contributed by atoms with E-state index < -0.39 is 0 Å². The van der Waals surface area contributed by atoms with Crippen LogP contribution in [0.1, 0.15) is 60.3 Å². The van der Waals surface area contributed by atoms with E-state index >= 15 is 0 Å². The van der Waals surface area contributed by atoms with Crippen molar-refractivity contribution in [1.29, 1.82) is 0 Å². The summed E-state index contributed by atoms with van der Waals surface area (Å²) in [4.78, 5) is 0. The van der Waals surface area contributed by atoms with E-state index in [0.29, 0.717) is 18.4 Å². The first-order valence-corrected chi connectivity index (χ1v) is 7.19. The van der Waals surface area contributed by atoms with Gasteiger partial charge in [-0.25, -0.2) is 0 Å². The molecule has 2 nitrogen and oxygen atoms in total. The highest BCUT2D eigenvalue weighted by Gasteiger charge is 2.42. The van der Waals surface area contributed by atoms with Crippen LogP contribution in [0.25, 0.3) is 0 Å². The molecule has 1 aliphatic rings. The maximum atomic E-state index is 9.78. The predicted octanol–water partition coefficient (Wildman–Crippen LogP) is 3.62. The molecule has 0 heterocycles. The first kappa shape index (κ1) is 15.0. The highest BCUT2D eigenvalue weighted by molar-refractivity contribution is 4.91. The summed E-state index contributed by atoms with van der Waals surface area (Å²) in [6.07, 6.45) is 4.41.